The van der Waals surface area contributed by atoms with Crippen molar-refractivity contribution >= 4 is 32.5 Å². The molecule has 0 amide bonds. The quantitative estimate of drug-likeness (QED) is 0.526. The van der Waals surface area contributed by atoms with Gasteiger partial charge in [-0.2, -0.15) is 5.26 Å². The molecule has 0 saturated heterocycles. The molecule has 0 saturated carbocycles. The molecule has 0 fully saturated rings. The monoisotopic (exact) mass is 349 g/mol. The Bertz CT molecular complexity index is 1040. The van der Waals surface area contributed by atoms with Crippen LogP contribution in [0.2, 0.25) is 0 Å². The minimum Gasteiger partial charge on any atom is -0.235 e. The van der Waals surface area contributed by atoms with E-state index in [2.05, 4.69) is 37.1 Å². The van der Waals surface area contributed by atoms with Crippen LogP contribution in [-0.2, 0) is 0 Å². The molecule has 0 spiro atoms. The van der Waals surface area contributed by atoms with E-state index >= 15 is 0 Å². The van der Waals surface area contributed by atoms with E-state index in [4.69, 9.17) is 5.26 Å². The van der Waals surface area contributed by atoms with Gasteiger partial charge in [0.15, 0.2) is 11.5 Å². The van der Waals surface area contributed by atoms with Crippen LogP contribution in [0, 0.1) is 11.3 Å². The third-order valence-corrected chi connectivity index (χ3v) is 4.07. The summed E-state index contributed by atoms with van der Waals surface area (Å²) in [6.07, 6.45) is 1.66. The number of aromatic nitrogens is 4. The lowest BCUT2D eigenvalue weighted by Gasteiger charge is -1.99. The zero-order valence-electron chi connectivity index (χ0n) is 11.2. The second kappa shape index (κ2) is 4.90. The highest BCUT2D eigenvalue weighted by Crippen LogP contribution is 2.25. The summed E-state index contributed by atoms with van der Waals surface area (Å²) in [4.78, 5) is 9.03. The molecule has 0 unspecified atom stereocenters. The average molecular weight is 350 g/mol. The topological polar surface area (TPSA) is 66.9 Å². The fourth-order valence-electron chi connectivity index (χ4n) is 2.34. The Morgan fingerprint density at radius 2 is 1.91 bits per heavy atom. The molecule has 2 heterocycles. The molecule has 0 aliphatic rings. The van der Waals surface area contributed by atoms with Crippen molar-refractivity contribution in [2.75, 3.05) is 0 Å². The second-order valence-electron chi connectivity index (χ2n) is 4.77. The highest BCUT2D eigenvalue weighted by atomic mass is 79.9. The van der Waals surface area contributed by atoms with E-state index in [0.29, 0.717) is 11.4 Å². The normalized spacial score (nSPS) is 10.9. The molecule has 5 nitrogen and oxygen atoms in total. The van der Waals surface area contributed by atoms with Crippen molar-refractivity contribution in [2.45, 2.75) is 0 Å². The number of rotatable bonds is 1. The van der Waals surface area contributed by atoms with Gasteiger partial charge in [-0.25, -0.2) is 14.5 Å². The van der Waals surface area contributed by atoms with Crippen LogP contribution >= 0.6 is 15.9 Å². The van der Waals surface area contributed by atoms with Gasteiger partial charge in [-0.05, 0) is 52.3 Å². The summed E-state index contributed by atoms with van der Waals surface area (Å²) in [5.74, 6) is 0.610. The molecule has 2 aromatic heterocycles. The highest BCUT2D eigenvalue weighted by Gasteiger charge is 2.11. The van der Waals surface area contributed by atoms with Crippen LogP contribution in [0.15, 0.2) is 53.3 Å². The maximum atomic E-state index is 8.86. The lowest BCUT2D eigenvalue weighted by molar-refractivity contribution is 0.938. The van der Waals surface area contributed by atoms with Crippen LogP contribution in [0.5, 0.6) is 0 Å². The van der Waals surface area contributed by atoms with Crippen LogP contribution in [0.25, 0.3) is 27.9 Å². The molecule has 104 valence electrons. The third-order valence-electron chi connectivity index (χ3n) is 3.43. The number of halogens is 1. The molecule has 4 rings (SSSR count). The van der Waals surface area contributed by atoms with Crippen molar-refractivity contribution in [1.82, 2.24) is 19.6 Å². The van der Waals surface area contributed by atoms with Crippen LogP contribution in [0.3, 0.4) is 0 Å². The summed E-state index contributed by atoms with van der Waals surface area (Å²) in [5, 5.41) is 14.3. The van der Waals surface area contributed by atoms with E-state index in [1.54, 1.807) is 23.0 Å². The Morgan fingerprint density at radius 3 is 2.68 bits per heavy atom. The molecule has 6 heteroatoms. The van der Waals surface area contributed by atoms with Gasteiger partial charge in [0.2, 0.25) is 0 Å². The fraction of sp³-hybridized carbons (Fsp3) is 0. The minimum atomic E-state index is 0.610. The van der Waals surface area contributed by atoms with E-state index in [0.717, 1.165) is 26.6 Å². The van der Waals surface area contributed by atoms with E-state index in [9.17, 15) is 0 Å². The summed E-state index contributed by atoms with van der Waals surface area (Å²) >= 11 is 3.50. The SMILES string of the molecule is N#Cc1ccc(-c2nc3c4cccc(Br)c4ncn3n2)cc1. The van der Waals surface area contributed by atoms with Crippen LogP contribution in [0.4, 0.5) is 0 Å². The maximum absolute atomic E-state index is 8.86. The van der Waals surface area contributed by atoms with Crippen LogP contribution in [0.1, 0.15) is 5.56 Å². The minimum absolute atomic E-state index is 0.610. The van der Waals surface area contributed by atoms with Gasteiger partial charge in [-0.3, -0.25) is 0 Å². The van der Waals surface area contributed by atoms with Crippen molar-refractivity contribution < 1.29 is 0 Å². The predicted octanol–water partition coefficient (Wildman–Crippen LogP) is 3.58. The van der Waals surface area contributed by atoms with Gasteiger partial charge in [0.25, 0.3) is 0 Å². The summed E-state index contributed by atoms with van der Waals surface area (Å²) in [7, 11) is 0. The highest BCUT2D eigenvalue weighted by molar-refractivity contribution is 9.10. The third kappa shape index (κ3) is 1.95. The number of benzene rings is 2. The molecule has 0 bridgehead atoms. The van der Waals surface area contributed by atoms with Crippen LogP contribution in [-0.4, -0.2) is 19.6 Å². The van der Waals surface area contributed by atoms with Crippen molar-refractivity contribution in [3.63, 3.8) is 0 Å². The first-order valence-corrected chi connectivity index (χ1v) is 7.36. The number of hydrogen-bond acceptors (Lipinski definition) is 4. The Labute approximate surface area is 134 Å². The molecule has 0 N–H and O–H groups in total. The van der Waals surface area contributed by atoms with Crippen molar-refractivity contribution in [3.05, 3.63) is 58.8 Å². The summed E-state index contributed by atoms with van der Waals surface area (Å²) in [5.41, 5.74) is 3.09. The zero-order chi connectivity index (χ0) is 15.1. The number of nitriles is 1. The molecular formula is C16H8BrN5. The Hall–Kier alpha value is -2.78. The Kier molecular flexibility index (Phi) is 2.88. The molecule has 2 aromatic carbocycles. The molecular weight excluding hydrogens is 342 g/mol. The number of hydrogen-bond donors (Lipinski definition) is 0. The van der Waals surface area contributed by atoms with E-state index < -0.39 is 0 Å². The van der Waals surface area contributed by atoms with Gasteiger partial charge >= 0.3 is 0 Å². The largest absolute Gasteiger partial charge is 0.235 e. The number of nitrogens with zero attached hydrogens (tertiary/aromatic N) is 5. The average Bonchev–Trinajstić information content (AvgIpc) is 3.00. The lowest BCUT2D eigenvalue weighted by Crippen LogP contribution is -1.91. The molecule has 0 atom stereocenters. The van der Waals surface area contributed by atoms with Crippen LogP contribution < -0.4 is 0 Å². The van der Waals surface area contributed by atoms with E-state index in [1.165, 1.54) is 0 Å². The Morgan fingerprint density at radius 1 is 1.09 bits per heavy atom. The van der Waals surface area contributed by atoms with Gasteiger partial charge < -0.3 is 0 Å². The standard InChI is InChI=1S/C16H8BrN5/c17-13-3-1-2-12-14(13)19-9-22-16(12)20-15(21-22)11-6-4-10(8-18)5-7-11/h1-7,9H. The predicted molar refractivity (Wildman–Crippen MR) is 86.1 cm³/mol. The smallest absolute Gasteiger partial charge is 0.182 e. The van der Waals surface area contributed by atoms with Gasteiger partial charge in [0.1, 0.15) is 6.33 Å². The first-order valence-electron chi connectivity index (χ1n) is 6.56. The van der Waals surface area contributed by atoms with Gasteiger partial charge in [-0.1, -0.05) is 6.07 Å². The number of fused-ring (bicyclic) bond motifs is 3. The maximum Gasteiger partial charge on any atom is 0.182 e. The molecule has 22 heavy (non-hydrogen) atoms. The summed E-state index contributed by atoms with van der Waals surface area (Å²) in [6, 6.07) is 15.2. The van der Waals surface area contributed by atoms with Gasteiger partial charge in [0, 0.05) is 15.4 Å². The summed E-state index contributed by atoms with van der Waals surface area (Å²) in [6.45, 7) is 0. The van der Waals surface area contributed by atoms with Crippen molar-refractivity contribution in [2.24, 2.45) is 0 Å². The number of para-hydroxylation sites is 1. The molecule has 4 aromatic rings. The molecule has 0 aliphatic heterocycles. The summed E-state index contributed by atoms with van der Waals surface area (Å²) < 4.78 is 2.60. The second-order valence-corrected chi connectivity index (χ2v) is 5.63. The van der Waals surface area contributed by atoms with Crippen molar-refractivity contribution in [1.29, 1.82) is 5.26 Å². The van der Waals surface area contributed by atoms with E-state index in [1.807, 2.05) is 30.3 Å². The van der Waals surface area contributed by atoms with Crippen molar-refractivity contribution in [3.8, 4) is 17.5 Å². The first kappa shape index (κ1) is 12.9. The van der Waals surface area contributed by atoms with E-state index in [-0.39, 0.29) is 0 Å². The molecule has 0 radical (unpaired) electrons. The van der Waals surface area contributed by atoms with Gasteiger partial charge in [0.05, 0.1) is 17.1 Å². The lowest BCUT2D eigenvalue weighted by atomic mass is 10.1. The van der Waals surface area contributed by atoms with Gasteiger partial charge in [-0.15, -0.1) is 5.10 Å². The molecule has 0 aliphatic carbocycles. The first-order chi connectivity index (χ1) is 10.8. The Balaban J connectivity index is 1.95. The zero-order valence-corrected chi connectivity index (χ0v) is 12.8. The fourth-order valence-corrected chi connectivity index (χ4v) is 2.81.